The van der Waals surface area contributed by atoms with Gasteiger partial charge in [0.1, 0.15) is 0 Å². The molecule has 126 valence electrons. The molecule has 0 N–H and O–H groups in total. The van der Waals surface area contributed by atoms with Crippen molar-refractivity contribution in [1.29, 1.82) is 0 Å². The van der Waals surface area contributed by atoms with Crippen molar-refractivity contribution in [3.63, 3.8) is 0 Å². The Morgan fingerprint density at radius 3 is 2.74 bits per heavy atom. The molecule has 1 aromatic heterocycles. The molecule has 2 heterocycles. The molecule has 2 rings (SSSR count). The minimum atomic E-state index is -0.508. The third-order valence-electron chi connectivity index (χ3n) is 4.30. The predicted octanol–water partition coefficient (Wildman–Crippen LogP) is 1.85. The van der Waals surface area contributed by atoms with Gasteiger partial charge < -0.3 is 9.64 Å². The maximum Gasteiger partial charge on any atom is 0.331 e. The first-order valence-electron chi connectivity index (χ1n) is 8.01. The summed E-state index contributed by atoms with van der Waals surface area (Å²) in [6.45, 7) is 7.27. The van der Waals surface area contributed by atoms with Crippen LogP contribution in [0.4, 0.5) is 0 Å². The molecule has 1 saturated heterocycles. The van der Waals surface area contributed by atoms with Gasteiger partial charge in [0.2, 0.25) is 0 Å². The van der Waals surface area contributed by atoms with Gasteiger partial charge in [-0.25, -0.2) is 4.79 Å². The molecule has 1 fully saturated rings. The summed E-state index contributed by atoms with van der Waals surface area (Å²) in [7, 11) is 1.86. The molecular formula is C17H25N3O3. The number of nitrogens with zero attached hydrogens (tertiary/aromatic N) is 3. The summed E-state index contributed by atoms with van der Waals surface area (Å²) >= 11 is 0. The van der Waals surface area contributed by atoms with Gasteiger partial charge in [0.05, 0.1) is 5.69 Å². The van der Waals surface area contributed by atoms with E-state index in [0.717, 1.165) is 42.9 Å². The lowest BCUT2D eigenvalue weighted by atomic mass is 10.0. The highest BCUT2D eigenvalue weighted by atomic mass is 16.5. The lowest BCUT2D eigenvalue weighted by molar-refractivity contribution is -0.149. The summed E-state index contributed by atoms with van der Waals surface area (Å²) in [4.78, 5) is 25.6. The molecule has 0 aromatic carbocycles. The molecule has 1 aromatic rings. The predicted molar refractivity (Wildman–Crippen MR) is 87.7 cm³/mol. The second-order valence-electron chi connectivity index (χ2n) is 6.24. The summed E-state index contributed by atoms with van der Waals surface area (Å²) in [5.41, 5.74) is 2.73. The van der Waals surface area contributed by atoms with Crippen LogP contribution >= 0.6 is 0 Å². The van der Waals surface area contributed by atoms with E-state index in [-0.39, 0.29) is 12.5 Å². The number of aromatic nitrogens is 2. The fourth-order valence-corrected chi connectivity index (χ4v) is 2.87. The number of ether oxygens (including phenoxy) is 1. The van der Waals surface area contributed by atoms with Gasteiger partial charge in [-0.15, -0.1) is 0 Å². The minimum absolute atomic E-state index is 0.118. The van der Waals surface area contributed by atoms with Crippen molar-refractivity contribution >= 4 is 18.0 Å². The van der Waals surface area contributed by atoms with Crippen LogP contribution in [0.15, 0.2) is 6.08 Å². The van der Waals surface area contributed by atoms with Gasteiger partial charge in [0.15, 0.2) is 6.61 Å². The van der Waals surface area contributed by atoms with Crippen LogP contribution in [0, 0.1) is 19.8 Å². The molecule has 0 spiro atoms. The van der Waals surface area contributed by atoms with Crippen molar-refractivity contribution in [2.75, 3.05) is 19.7 Å². The smallest absolute Gasteiger partial charge is 0.331 e. The number of rotatable bonds is 4. The molecule has 0 unspecified atom stereocenters. The van der Waals surface area contributed by atoms with E-state index in [1.807, 2.05) is 20.9 Å². The van der Waals surface area contributed by atoms with Gasteiger partial charge in [0, 0.05) is 37.5 Å². The van der Waals surface area contributed by atoms with Crippen LogP contribution in [0.1, 0.15) is 36.7 Å². The highest BCUT2D eigenvalue weighted by molar-refractivity contribution is 5.89. The molecule has 0 saturated carbocycles. The second-order valence-corrected chi connectivity index (χ2v) is 6.24. The van der Waals surface area contributed by atoms with E-state index in [1.165, 1.54) is 6.08 Å². The van der Waals surface area contributed by atoms with E-state index < -0.39 is 5.97 Å². The summed E-state index contributed by atoms with van der Waals surface area (Å²) in [5, 5.41) is 4.28. The zero-order valence-corrected chi connectivity index (χ0v) is 14.3. The number of hydrogen-bond acceptors (Lipinski definition) is 4. The zero-order chi connectivity index (χ0) is 17.0. The van der Waals surface area contributed by atoms with E-state index in [2.05, 4.69) is 12.0 Å². The Balaban J connectivity index is 1.85. The van der Waals surface area contributed by atoms with Gasteiger partial charge in [-0.2, -0.15) is 5.10 Å². The Bertz CT molecular complexity index is 619. The number of aryl methyl sites for hydroxylation is 2. The fraction of sp³-hybridized carbons (Fsp3) is 0.588. The quantitative estimate of drug-likeness (QED) is 0.627. The Labute approximate surface area is 137 Å². The van der Waals surface area contributed by atoms with Crippen molar-refractivity contribution in [2.24, 2.45) is 13.0 Å². The van der Waals surface area contributed by atoms with Crippen LogP contribution < -0.4 is 0 Å². The number of piperidine rings is 1. The first kappa shape index (κ1) is 17.2. The van der Waals surface area contributed by atoms with Crippen LogP contribution in [0.2, 0.25) is 0 Å². The Morgan fingerprint density at radius 2 is 2.13 bits per heavy atom. The molecule has 1 aliphatic rings. The second kappa shape index (κ2) is 7.44. The van der Waals surface area contributed by atoms with Crippen molar-refractivity contribution in [2.45, 2.75) is 33.6 Å². The normalized spacial score (nSPS) is 18.4. The molecular weight excluding hydrogens is 294 g/mol. The first-order valence-corrected chi connectivity index (χ1v) is 8.01. The van der Waals surface area contributed by atoms with E-state index in [0.29, 0.717) is 5.92 Å². The summed E-state index contributed by atoms with van der Waals surface area (Å²) in [6.07, 6.45) is 5.20. The first-order chi connectivity index (χ1) is 10.9. The van der Waals surface area contributed by atoms with E-state index in [9.17, 15) is 9.59 Å². The van der Waals surface area contributed by atoms with E-state index in [1.54, 1.807) is 15.7 Å². The van der Waals surface area contributed by atoms with E-state index >= 15 is 0 Å². The molecule has 0 aliphatic carbocycles. The van der Waals surface area contributed by atoms with Crippen molar-refractivity contribution < 1.29 is 14.3 Å². The number of carbonyl (C=O) groups excluding carboxylic acids is 2. The Hall–Kier alpha value is -2.11. The number of hydrogen-bond donors (Lipinski definition) is 0. The minimum Gasteiger partial charge on any atom is -0.452 e. The fourth-order valence-electron chi connectivity index (χ4n) is 2.87. The SMILES string of the molecule is Cc1nn(C)c(C)c1/C=C/C(=O)OCC(=O)N1CCC[C@H](C)C1. The molecule has 0 radical (unpaired) electrons. The Morgan fingerprint density at radius 1 is 1.39 bits per heavy atom. The summed E-state index contributed by atoms with van der Waals surface area (Å²) in [6, 6.07) is 0. The van der Waals surface area contributed by atoms with Gasteiger partial charge >= 0.3 is 5.97 Å². The summed E-state index contributed by atoms with van der Waals surface area (Å²) < 4.78 is 6.82. The van der Waals surface area contributed by atoms with E-state index in [4.69, 9.17) is 4.74 Å². The molecule has 1 amide bonds. The zero-order valence-electron chi connectivity index (χ0n) is 14.3. The molecule has 0 bridgehead atoms. The maximum absolute atomic E-state index is 12.0. The van der Waals surface area contributed by atoms with Crippen LogP contribution in [-0.4, -0.2) is 46.3 Å². The topological polar surface area (TPSA) is 64.4 Å². The third kappa shape index (κ3) is 4.43. The largest absolute Gasteiger partial charge is 0.452 e. The lowest BCUT2D eigenvalue weighted by Gasteiger charge is -2.30. The van der Waals surface area contributed by atoms with Crippen molar-refractivity contribution in [3.8, 4) is 0 Å². The van der Waals surface area contributed by atoms with Crippen LogP contribution in [0.5, 0.6) is 0 Å². The molecule has 23 heavy (non-hydrogen) atoms. The average molecular weight is 319 g/mol. The van der Waals surface area contributed by atoms with Gasteiger partial charge in [0.25, 0.3) is 5.91 Å². The van der Waals surface area contributed by atoms with Crippen LogP contribution in [-0.2, 0) is 21.4 Å². The number of esters is 1. The molecule has 6 heteroatoms. The van der Waals surface area contributed by atoms with Crippen LogP contribution in [0.25, 0.3) is 6.08 Å². The highest BCUT2D eigenvalue weighted by Gasteiger charge is 2.21. The molecule has 1 aliphatic heterocycles. The van der Waals surface area contributed by atoms with Gasteiger partial charge in [-0.3, -0.25) is 9.48 Å². The Kier molecular flexibility index (Phi) is 5.58. The highest BCUT2D eigenvalue weighted by Crippen LogP contribution is 2.16. The van der Waals surface area contributed by atoms with Crippen molar-refractivity contribution in [1.82, 2.24) is 14.7 Å². The third-order valence-corrected chi connectivity index (χ3v) is 4.30. The number of amides is 1. The molecule has 6 nitrogen and oxygen atoms in total. The average Bonchev–Trinajstić information content (AvgIpc) is 2.75. The maximum atomic E-state index is 12.0. The van der Waals surface area contributed by atoms with Crippen LogP contribution in [0.3, 0.4) is 0 Å². The van der Waals surface area contributed by atoms with Crippen molar-refractivity contribution in [3.05, 3.63) is 23.0 Å². The molecule has 1 atom stereocenters. The lowest BCUT2D eigenvalue weighted by Crippen LogP contribution is -2.41. The number of likely N-dealkylation sites (tertiary alicyclic amines) is 1. The van der Waals surface area contributed by atoms with Gasteiger partial charge in [-0.05, 0) is 38.7 Å². The standard InChI is InChI=1S/C17H25N3O3/c1-12-6-5-9-20(10-12)16(21)11-23-17(22)8-7-15-13(2)18-19(4)14(15)3/h7-8,12H,5-6,9-11H2,1-4H3/b8-7+/t12-/m0/s1. The van der Waals surface area contributed by atoms with Gasteiger partial charge in [-0.1, -0.05) is 6.92 Å². The summed E-state index contributed by atoms with van der Waals surface area (Å²) in [5.74, 6) is -0.113. The monoisotopic (exact) mass is 319 g/mol. The number of carbonyl (C=O) groups is 2.